The van der Waals surface area contributed by atoms with Crippen molar-refractivity contribution in [3.63, 3.8) is 0 Å². The minimum Gasteiger partial charge on any atom is -0.493 e. The molecule has 1 unspecified atom stereocenters. The molecule has 25 heavy (non-hydrogen) atoms. The Bertz CT molecular complexity index is 584. The fraction of sp³-hybridized carbons (Fsp3) is 0.611. The van der Waals surface area contributed by atoms with Gasteiger partial charge in [-0.25, -0.2) is 4.79 Å². The molecule has 0 N–H and O–H groups in total. The Balaban J connectivity index is 0.00000225. The molecule has 140 valence electrons. The Morgan fingerprint density at radius 2 is 1.52 bits per heavy atom. The van der Waals surface area contributed by atoms with Crippen molar-refractivity contribution in [3.8, 4) is 17.2 Å². The molecule has 2 saturated heterocycles. The van der Waals surface area contributed by atoms with E-state index in [0.29, 0.717) is 34.9 Å². The molecule has 0 spiro atoms. The van der Waals surface area contributed by atoms with E-state index in [2.05, 4.69) is 11.9 Å². The van der Waals surface area contributed by atoms with Crippen LogP contribution in [-0.2, 0) is 4.74 Å². The van der Waals surface area contributed by atoms with Crippen molar-refractivity contribution in [1.29, 1.82) is 0 Å². The second-order valence-corrected chi connectivity index (χ2v) is 6.46. The molecule has 2 bridgehead atoms. The van der Waals surface area contributed by atoms with Gasteiger partial charge in [0.25, 0.3) is 0 Å². The van der Waals surface area contributed by atoms with E-state index in [4.69, 9.17) is 18.9 Å². The lowest BCUT2D eigenvalue weighted by Crippen LogP contribution is -2.43. The highest BCUT2D eigenvalue weighted by atomic mass is 35.5. The summed E-state index contributed by atoms with van der Waals surface area (Å²) in [4.78, 5) is 15.0. The van der Waals surface area contributed by atoms with Crippen LogP contribution in [0.5, 0.6) is 17.2 Å². The van der Waals surface area contributed by atoms with Gasteiger partial charge in [-0.2, -0.15) is 0 Å². The summed E-state index contributed by atoms with van der Waals surface area (Å²) in [5.74, 6) is 1.02. The zero-order valence-corrected chi connectivity index (χ0v) is 15.9. The van der Waals surface area contributed by atoms with Crippen LogP contribution < -0.4 is 14.2 Å². The maximum Gasteiger partial charge on any atom is 0.338 e. The number of nitrogens with zero attached hydrogens (tertiary/aromatic N) is 1. The molecule has 2 aliphatic rings. The lowest BCUT2D eigenvalue weighted by molar-refractivity contribution is -0.000509. The van der Waals surface area contributed by atoms with Crippen molar-refractivity contribution in [2.24, 2.45) is 0 Å². The molecule has 2 heterocycles. The number of benzene rings is 1. The summed E-state index contributed by atoms with van der Waals surface area (Å²) in [6, 6.07) is 4.32. The molecule has 2 fully saturated rings. The number of esters is 1. The third-order valence-electron chi connectivity index (χ3n) is 5.23. The molecule has 0 aliphatic carbocycles. The zero-order chi connectivity index (χ0) is 17.3. The lowest BCUT2D eigenvalue weighted by Gasteiger charge is -2.35. The molecule has 0 aromatic heterocycles. The van der Waals surface area contributed by atoms with Crippen molar-refractivity contribution < 1.29 is 23.7 Å². The van der Waals surface area contributed by atoms with Gasteiger partial charge in [-0.15, -0.1) is 12.4 Å². The molecule has 0 amide bonds. The Hall–Kier alpha value is -1.66. The lowest BCUT2D eigenvalue weighted by atomic mass is 10.0. The molecule has 2 aliphatic heterocycles. The van der Waals surface area contributed by atoms with Gasteiger partial charge in [-0.1, -0.05) is 0 Å². The van der Waals surface area contributed by atoms with Crippen LogP contribution in [-0.4, -0.2) is 57.4 Å². The third kappa shape index (κ3) is 3.80. The van der Waals surface area contributed by atoms with Gasteiger partial charge < -0.3 is 23.8 Å². The number of piperidine rings is 1. The summed E-state index contributed by atoms with van der Waals surface area (Å²) in [6.07, 6.45) is 4.18. The summed E-state index contributed by atoms with van der Waals surface area (Å²) in [5, 5.41) is 0. The van der Waals surface area contributed by atoms with Gasteiger partial charge in [0.2, 0.25) is 5.75 Å². The first kappa shape index (κ1) is 19.7. The number of carbonyl (C=O) groups is 1. The Kier molecular flexibility index (Phi) is 6.41. The van der Waals surface area contributed by atoms with E-state index in [1.807, 2.05) is 0 Å². The molecule has 0 radical (unpaired) electrons. The standard InChI is InChI=1S/C18H25NO5.ClH/c1-19-12-5-6-13(19)10-14(9-12)24-18(20)11-7-15(21-2)17(23-4)16(8-11)22-3;/h7-8,12-14H,5-6,9-10H2,1-4H3;1H/t12-,13+,14?;. The first-order chi connectivity index (χ1) is 11.6. The van der Waals surface area contributed by atoms with Crippen LogP contribution in [0.15, 0.2) is 12.1 Å². The second kappa shape index (κ2) is 8.15. The van der Waals surface area contributed by atoms with Crippen molar-refractivity contribution >= 4 is 18.4 Å². The second-order valence-electron chi connectivity index (χ2n) is 6.46. The largest absolute Gasteiger partial charge is 0.493 e. The van der Waals surface area contributed by atoms with Crippen molar-refractivity contribution in [3.05, 3.63) is 17.7 Å². The van der Waals surface area contributed by atoms with Crippen LogP contribution in [0.2, 0.25) is 0 Å². The van der Waals surface area contributed by atoms with Gasteiger partial charge >= 0.3 is 5.97 Å². The van der Waals surface area contributed by atoms with Crippen LogP contribution >= 0.6 is 12.4 Å². The van der Waals surface area contributed by atoms with Crippen LogP contribution in [0.3, 0.4) is 0 Å². The van der Waals surface area contributed by atoms with Crippen LogP contribution in [0.1, 0.15) is 36.0 Å². The van der Waals surface area contributed by atoms with Gasteiger partial charge in [-0.05, 0) is 32.0 Å². The summed E-state index contributed by atoms with van der Waals surface area (Å²) in [5.41, 5.74) is 0.413. The van der Waals surface area contributed by atoms with Crippen molar-refractivity contribution in [2.75, 3.05) is 28.4 Å². The molecule has 3 atom stereocenters. The summed E-state index contributed by atoms with van der Waals surface area (Å²) >= 11 is 0. The molecule has 0 saturated carbocycles. The fourth-order valence-electron chi connectivity index (χ4n) is 3.88. The van der Waals surface area contributed by atoms with E-state index in [1.54, 1.807) is 12.1 Å². The molecular weight excluding hydrogens is 346 g/mol. The molecule has 7 heteroatoms. The fourth-order valence-corrected chi connectivity index (χ4v) is 3.88. The number of hydrogen-bond donors (Lipinski definition) is 0. The predicted molar refractivity (Wildman–Crippen MR) is 96.4 cm³/mol. The van der Waals surface area contributed by atoms with E-state index >= 15 is 0 Å². The maximum atomic E-state index is 12.6. The highest BCUT2D eigenvalue weighted by molar-refractivity contribution is 5.91. The molecule has 6 nitrogen and oxygen atoms in total. The summed E-state index contributed by atoms with van der Waals surface area (Å²) in [6.45, 7) is 0. The first-order valence-electron chi connectivity index (χ1n) is 8.30. The van der Waals surface area contributed by atoms with E-state index in [9.17, 15) is 4.79 Å². The first-order valence-corrected chi connectivity index (χ1v) is 8.30. The van der Waals surface area contributed by atoms with E-state index in [-0.39, 0.29) is 24.5 Å². The summed E-state index contributed by atoms with van der Waals surface area (Å²) in [7, 11) is 6.76. The topological polar surface area (TPSA) is 57.2 Å². The highest BCUT2D eigenvalue weighted by Gasteiger charge is 2.40. The van der Waals surface area contributed by atoms with Crippen molar-refractivity contribution in [2.45, 2.75) is 43.9 Å². The van der Waals surface area contributed by atoms with Gasteiger partial charge in [0.15, 0.2) is 11.5 Å². The number of halogens is 1. The van der Waals surface area contributed by atoms with Gasteiger partial charge in [-0.3, -0.25) is 0 Å². The van der Waals surface area contributed by atoms with E-state index in [1.165, 1.54) is 34.2 Å². The number of hydrogen-bond acceptors (Lipinski definition) is 6. The minimum absolute atomic E-state index is 0. The van der Waals surface area contributed by atoms with Crippen molar-refractivity contribution in [1.82, 2.24) is 4.90 Å². The normalized spacial score (nSPS) is 25.0. The number of fused-ring (bicyclic) bond motifs is 2. The van der Waals surface area contributed by atoms with E-state index < -0.39 is 0 Å². The number of carbonyl (C=O) groups excluding carboxylic acids is 1. The highest BCUT2D eigenvalue weighted by Crippen LogP contribution is 2.39. The number of ether oxygens (including phenoxy) is 4. The Morgan fingerprint density at radius 1 is 1.00 bits per heavy atom. The Morgan fingerprint density at radius 3 is 1.96 bits per heavy atom. The third-order valence-corrected chi connectivity index (χ3v) is 5.23. The molecular formula is C18H26ClNO5. The molecule has 1 aromatic carbocycles. The van der Waals surface area contributed by atoms with Gasteiger partial charge in [0, 0.05) is 24.9 Å². The maximum absolute atomic E-state index is 12.6. The monoisotopic (exact) mass is 371 g/mol. The number of rotatable bonds is 5. The Labute approximate surface area is 154 Å². The zero-order valence-electron chi connectivity index (χ0n) is 15.1. The van der Waals surface area contributed by atoms with Crippen LogP contribution in [0, 0.1) is 0 Å². The number of methoxy groups -OCH3 is 3. The minimum atomic E-state index is -0.344. The van der Waals surface area contributed by atoms with E-state index in [0.717, 1.165) is 12.8 Å². The predicted octanol–water partition coefficient (Wildman–Crippen LogP) is 2.92. The van der Waals surface area contributed by atoms with Crippen LogP contribution in [0.4, 0.5) is 0 Å². The SMILES string of the molecule is COc1cc(C(=O)OC2C[C@H]3CC[C@@H](C2)N3C)cc(OC)c1OC.Cl. The van der Waals surface area contributed by atoms with Gasteiger partial charge in [0.1, 0.15) is 6.10 Å². The quantitative estimate of drug-likeness (QED) is 0.742. The average Bonchev–Trinajstić information content (AvgIpc) is 2.81. The average molecular weight is 372 g/mol. The van der Waals surface area contributed by atoms with Gasteiger partial charge in [0.05, 0.1) is 26.9 Å². The summed E-state index contributed by atoms with van der Waals surface area (Å²) < 4.78 is 21.6. The smallest absolute Gasteiger partial charge is 0.338 e. The molecule has 1 aromatic rings. The van der Waals surface area contributed by atoms with Crippen LogP contribution in [0.25, 0.3) is 0 Å². The molecule has 3 rings (SSSR count).